The monoisotopic (exact) mass is 294 g/mol. The molecule has 7 heteroatoms. The molecule has 0 spiro atoms. The second-order valence-corrected chi connectivity index (χ2v) is 4.87. The molecule has 1 fully saturated rings. The van der Waals surface area contributed by atoms with Gasteiger partial charge in [0, 0.05) is 18.3 Å². The van der Waals surface area contributed by atoms with Gasteiger partial charge in [0.1, 0.15) is 11.8 Å². The van der Waals surface area contributed by atoms with Crippen molar-refractivity contribution in [1.82, 2.24) is 5.32 Å². The van der Waals surface area contributed by atoms with Gasteiger partial charge in [-0.3, -0.25) is 9.79 Å². The quantitative estimate of drug-likeness (QED) is 0.436. The number of nitrogens with zero attached hydrogens (tertiary/aromatic N) is 2. The first kappa shape index (κ1) is 14.5. The smallest absolute Gasteiger partial charge is 0.320 e. The van der Waals surface area contributed by atoms with E-state index in [9.17, 15) is 4.79 Å². The van der Waals surface area contributed by atoms with Gasteiger partial charge in [-0.1, -0.05) is 29.8 Å². The number of carboxylic acids is 1. The highest BCUT2D eigenvalue weighted by Gasteiger charge is 2.28. The molecule has 2 atom stereocenters. The molecule has 1 aliphatic rings. The van der Waals surface area contributed by atoms with Crippen LogP contribution in [0.3, 0.4) is 0 Å². The van der Waals surface area contributed by atoms with Gasteiger partial charge in [-0.2, -0.15) is 5.10 Å². The molecule has 1 aromatic carbocycles. The fourth-order valence-corrected chi connectivity index (χ4v) is 2.27. The molecule has 106 valence electrons. The van der Waals surface area contributed by atoms with Crippen LogP contribution in [0.5, 0.6) is 0 Å². The lowest BCUT2D eigenvalue weighted by atomic mass is 10.1. The van der Waals surface area contributed by atoms with E-state index < -0.39 is 12.0 Å². The topological polar surface area (TPSA) is 100 Å². The Labute approximate surface area is 121 Å². The van der Waals surface area contributed by atoms with Crippen molar-refractivity contribution in [2.45, 2.75) is 18.5 Å². The summed E-state index contributed by atoms with van der Waals surface area (Å²) in [6, 6.07) is 6.54. The first-order valence-electron chi connectivity index (χ1n) is 6.14. The van der Waals surface area contributed by atoms with Crippen molar-refractivity contribution in [1.29, 1.82) is 0 Å². The molecule has 0 amide bonds. The van der Waals surface area contributed by atoms with Gasteiger partial charge in [0.05, 0.1) is 11.1 Å². The lowest BCUT2D eigenvalue weighted by molar-refractivity contribution is -0.139. The van der Waals surface area contributed by atoms with Crippen LogP contribution in [0.1, 0.15) is 12.0 Å². The van der Waals surface area contributed by atoms with E-state index >= 15 is 0 Å². The summed E-state index contributed by atoms with van der Waals surface area (Å²) in [5, 5.41) is 16.0. The number of halogens is 1. The number of carbonyl (C=O) groups is 1. The van der Waals surface area contributed by atoms with Crippen LogP contribution in [0, 0.1) is 0 Å². The van der Waals surface area contributed by atoms with Crippen LogP contribution in [-0.2, 0) is 4.79 Å². The summed E-state index contributed by atoms with van der Waals surface area (Å²) in [5.74, 6) is 4.50. The van der Waals surface area contributed by atoms with Crippen LogP contribution in [0.25, 0.3) is 0 Å². The van der Waals surface area contributed by atoms with Gasteiger partial charge in [0.25, 0.3) is 0 Å². The number of hydrogen-bond acceptors (Lipinski definition) is 5. The third-order valence-electron chi connectivity index (χ3n) is 3.10. The molecule has 0 unspecified atom stereocenters. The zero-order chi connectivity index (χ0) is 14.5. The van der Waals surface area contributed by atoms with E-state index in [2.05, 4.69) is 15.4 Å². The molecule has 1 aliphatic heterocycles. The minimum Gasteiger partial charge on any atom is -0.480 e. The highest BCUT2D eigenvalue weighted by molar-refractivity contribution is 6.44. The summed E-state index contributed by atoms with van der Waals surface area (Å²) in [5.41, 5.74) is 1.16. The van der Waals surface area contributed by atoms with Crippen LogP contribution in [0.4, 0.5) is 0 Å². The van der Waals surface area contributed by atoms with E-state index in [4.69, 9.17) is 22.6 Å². The molecule has 2 rings (SSSR count). The molecular formula is C13H15ClN4O2. The largest absolute Gasteiger partial charge is 0.480 e. The van der Waals surface area contributed by atoms with Gasteiger partial charge in [-0.05, 0) is 12.5 Å². The maximum Gasteiger partial charge on any atom is 0.320 e. The van der Waals surface area contributed by atoms with Gasteiger partial charge < -0.3 is 16.3 Å². The average molecular weight is 295 g/mol. The van der Waals surface area contributed by atoms with Crippen molar-refractivity contribution >= 4 is 29.5 Å². The van der Waals surface area contributed by atoms with E-state index in [-0.39, 0.29) is 6.04 Å². The van der Waals surface area contributed by atoms with E-state index in [1.54, 1.807) is 12.1 Å². The molecule has 1 heterocycles. The fraction of sp³-hybridized carbons (Fsp3) is 0.308. The Kier molecular flexibility index (Phi) is 4.70. The number of nitrogens with two attached hydrogens (primary N) is 1. The first-order valence-corrected chi connectivity index (χ1v) is 6.51. The van der Waals surface area contributed by atoms with Crippen molar-refractivity contribution in [3.05, 3.63) is 34.9 Å². The van der Waals surface area contributed by atoms with Gasteiger partial charge in [0.2, 0.25) is 0 Å². The minimum absolute atomic E-state index is 0.102. The SMILES string of the molecule is NN=C(C=N[C@@H]1CN[C@H](C(=O)O)C1)c1ccccc1Cl. The summed E-state index contributed by atoms with van der Waals surface area (Å²) in [4.78, 5) is 15.2. The molecule has 1 aromatic rings. The number of hydrazone groups is 1. The Hall–Kier alpha value is -1.92. The van der Waals surface area contributed by atoms with Crippen molar-refractivity contribution in [3.63, 3.8) is 0 Å². The summed E-state index contributed by atoms with van der Waals surface area (Å²) in [6.07, 6.45) is 1.99. The molecule has 4 N–H and O–H groups in total. The molecule has 0 aromatic heterocycles. The van der Waals surface area contributed by atoms with Crippen molar-refractivity contribution < 1.29 is 9.90 Å². The van der Waals surface area contributed by atoms with Gasteiger partial charge in [0.15, 0.2) is 0 Å². The summed E-state index contributed by atoms with van der Waals surface area (Å²) >= 11 is 6.07. The number of benzene rings is 1. The summed E-state index contributed by atoms with van der Waals surface area (Å²) in [7, 11) is 0. The minimum atomic E-state index is -0.860. The predicted molar refractivity (Wildman–Crippen MR) is 78.5 cm³/mol. The number of carboxylic acid groups (broad SMARTS) is 1. The number of hydrogen-bond donors (Lipinski definition) is 3. The number of aliphatic imine (C=N–C) groups is 1. The van der Waals surface area contributed by atoms with E-state index in [1.165, 1.54) is 6.21 Å². The normalized spacial score (nSPS) is 23.4. The number of nitrogens with one attached hydrogen (secondary N) is 1. The highest BCUT2D eigenvalue weighted by Crippen LogP contribution is 2.16. The molecule has 0 bridgehead atoms. The van der Waals surface area contributed by atoms with Gasteiger partial charge >= 0.3 is 5.97 Å². The molecule has 0 aliphatic carbocycles. The predicted octanol–water partition coefficient (Wildman–Crippen LogP) is 0.889. The van der Waals surface area contributed by atoms with Crippen molar-refractivity contribution in [3.8, 4) is 0 Å². The van der Waals surface area contributed by atoms with Crippen LogP contribution in [-0.4, -0.2) is 41.6 Å². The maximum absolute atomic E-state index is 10.8. The van der Waals surface area contributed by atoms with Gasteiger partial charge in [-0.15, -0.1) is 0 Å². The lowest BCUT2D eigenvalue weighted by Crippen LogP contribution is -2.29. The van der Waals surface area contributed by atoms with Crippen molar-refractivity contribution in [2.24, 2.45) is 15.9 Å². The van der Waals surface area contributed by atoms with E-state index in [1.807, 2.05) is 12.1 Å². The van der Waals surface area contributed by atoms with Crippen LogP contribution >= 0.6 is 11.6 Å². The van der Waals surface area contributed by atoms with E-state index in [0.717, 1.165) is 0 Å². The maximum atomic E-state index is 10.8. The second kappa shape index (κ2) is 6.49. The average Bonchev–Trinajstić information content (AvgIpc) is 2.90. The highest BCUT2D eigenvalue weighted by atomic mass is 35.5. The number of aliphatic carboxylic acids is 1. The first-order chi connectivity index (χ1) is 9.61. The second-order valence-electron chi connectivity index (χ2n) is 4.46. The Morgan fingerprint density at radius 1 is 1.50 bits per heavy atom. The molecule has 20 heavy (non-hydrogen) atoms. The zero-order valence-corrected chi connectivity index (χ0v) is 11.4. The van der Waals surface area contributed by atoms with Crippen LogP contribution < -0.4 is 11.2 Å². The fourth-order valence-electron chi connectivity index (χ4n) is 2.04. The Bertz CT molecular complexity index is 559. The van der Waals surface area contributed by atoms with E-state index in [0.29, 0.717) is 29.3 Å². The Morgan fingerprint density at radius 3 is 2.85 bits per heavy atom. The molecule has 6 nitrogen and oxygen atoms in total. The summed E-state index contributed by atoms with van der Waals surface area (Å²) < 4.78 is 0. The van der Waals surface area contributed by atoms with Gasteiger partial charge in [-0.25, -0.2) is 0 Å². The van der Waals surface area contributed by atoms with Crippen LogP contribution in [0.15, 0.2) is 34.4 Å². The molecular weight excluding hydrogens is 280 g/mol. The molecule has 0 saturated carbocycles. The third kappa shape index (κ3) is 3.34. The van der Waals surface area contributed by atoms with Crippen LogP contribution in [0.2, 0.25) is 5.02 Å². The standard InChI is InChI=1S/C13H15ClN4O2/c14-10-4-2-1-3-9(10)12(18-15)7-16-8-5-11(13(19)20)17-6-8/h1-4,7-8,11,17H,5-6,15H2,(H,19,20)/t8-,11-/m0/s1. The zero-order valence-electron chi connectivity index (χ0n) is 10.7. The Balaban J connectivity index is 2.07. The molecule has 0 radical (unpaired) electrons. The lowest BCUT2D eigenvalue weighted by Gasteiger charge is -2.04. The third-order valence-corrected chi connectivity index (χ3v) is 3.43. The summed E-state index contributed by atoms with van der Waals surface area (Å²) in [6.45, 7) is 0.522. The molecule has 1 saturated heterocycles. The number of rotatable bonds is 4. The Morgan fingerprint density at radius 2 is 2.25 bits per heavy atom. The van der Waals surface area contributed by atoms with Crippen molar-refractivity contribution in [2.75, 3.05) is 6.54 Å².